The quantitative estimate of drug-likeness (QED) is 0.341. The molecular formula is C2H3KO2-. The summed E-state index contributed by atoms with van der Waals surface area (Å²) in [6.07, 6.45) is 0. The molecule has 0 atom stereocenters. The van der Waals surface area contributed by atoms with Crippen molar-refractivity contribution in [1.29, 1.82) is 0 Å². The van der Waals surface area contributed by atoms with Gasteiger partial charge in [-0.3, -0.25) is 0 Å². The van der Waals surface area contributed by atoms with Crippen LogP contribution >= 0.6 is 0 Å². The van der Waals surface area contributed by atoms with Crippen LogP contribution in [0.5, 0.6) is 0 Å². The minimum atomic E-state index is -1.08. The second-order valence-electron chi connectivity index (χ2n) is 0.492. The largest absolute Gasteiger partial charge is 0.550 e. The first-order valence-electron chi connectivity index (χ1n) is 0.908. The van der Waals surface area contributed by atoms with E-state index in [2.05, 4.69) is 0 Å². The van der Waals surface area contributed by atoms with Crippen molar-refractivity contribution in [3.05, 3.63) is 0 Å². The van der Waals surface area contributed by atoms with E-state index in [1.807, 2.05) is 0 Å². The van der Waals surface area contributed by atoms with Crippen LogP contribution in [0.4, 0.5) is 0 Å². The van der Waals surface area contributed by atoms with E-state index in [-0.39, 0.29) is 51.4 Å². The molecule has 0 aromatic rings. The van der Waals surface area contributed by atoms with Gasteiger partial charge in [0.2, 0.25) is 0 Å². The number of carbonyl (C=O) groups excluding carboxylic acids is 1. The van der Waals surface area contributed by atoms with E-state index >= 15 is 0 Å². The van der Waals surface area contributed by atoms with Gasteiger partial charge in [0.15, 0.2) is 0 Å². The molecule has 0 saturated heterocycles. The molecule has 5 heavy (non-hydrogen) atoms. The number of carboxylic acid groups (broad SMARTS) is 1. The van der Waals surface area contributed by atoms with E-state index < -0.39 is 5.97 Å². The van der Waals surface area contributed by atoms with Gasteiger partial charge in [0.1, 0.15) is 0 Å². The van der Waals surface area contributed by atoms with Crippen LogP contribution in [0.2, 0.25) is 0 Å². The fraction of sp³-hybridized carbons (Fsp3) is 0.500. The molecule has 0 saturated carbocycles. The Kier molecular flexibility index (Phi) is 9.64. The van der Waals surface area contributed by atoms with Crippen LogP contribution in [0.15, 0.2) is 0 Å². The molecule has 0 N–H and O–H groups in total. The Labute approximate surface area is 73.0 Å². The first-order chi connectivity index (χ1) is 1.73. The Morgan fingerprint density at radius 3 is 1.80 bits per heavy atom. The summed E-state index contributed by atoms with van der Waals surface area (Å²) in [6.45, 7) is 0.972. The van der Waals surface area contributed by atoms with Gasteiger partial charge in [0.05, 0.1) is 0 Å². The van der Waals surface area contributed by atoms with Crippen molar-refractivity contribution in [2.24, 2.45) is 0 Å². The summed E-state index contributed by atoms with van der Waals surface area (Å²) in [5.74, 6) is -1.08. The van der Waals surface area contributed by atoms with Crippen LogP contribution in [0.3, 0.4) is 0 Å². The number of rotatable bonds is 0. The Hall–Kier alpha value is 1.11. The van der Waals surface area contributed by atoms with Crippen molar-refractivity contribution >= 4 is 57.4 Å². The monoisotopic (exact) mass is 98.0 g/mol. The third kappa shape index (κ3) is 40.3. The second-order valence-corrected chi connectivity index (χ2v) is 0.492. The van der Waals surface area contributed by atoms with Crippen LogP contribution in [0.1, 0.15) is 6.92 Å². The normalized spacial score (nSPS) is 5.00. The molecule has 25 valence electrons. The van der Waals surface area contributed by atoms with Gasteiger partial charge in [0, 0.05) is 57.4 Å². The topological polar surface area (TPSA) is 40.1 Å². The molecular weight excluding hydrogens is 95.1 g/mol. The number of hydrogen-bond acceptors (Lipinski definition) is 2. The molecule has 0 fully saturated rings. The zero-order chi connectivity index (χ0) is 3.58. The predicted molar refractivity (Wildman–Crippen MR) is 16.4 cm³/mol. The van der Waals surface area contributed by atoms with Gasteiger partial charge in [-0.25, -0.2) is 0 Å². The maximum atomic E-state index is 8.89. The standard InChI is InChI=1S/C2H4O2.K/c1-2(3)4;/h1H3,(H,3,4);/p-1. The Balaban J connectivity index is 0. The molecule has 0 aliphatic heterocycles. The van der Waals surface area contributed by atoms with E-state index in [4.69, 9.17) is 9.90 Å². The minimum absolute atomic E-state index is 0. The third-order valence-corrected chi connectivity index (χ3v) is 0. The fourth-order valence-corrected chi connectivity index (χ4v) is 0. The van der Waals surface area contributed by atoms with Crippen LogP contribution in [0.25, 0.3) is 0 Å². The average molecular weight is 98.1 g/mol. The molecule has 0 bridgehead atoms. The van der Waals surface area contributed by atoms with Crippen molar-refractivity contribution in [1.82, 2.24) is 0 Å². The van der Waals surface area contributed by atoms with E-state index in [9.17, 15) is 0 Å². The number of carbonyl (C=O) groups is 1. The molecule has 3 heteroatoms. The molecule has 0 aromatic carbocycles. The molecule has 1 radical (unpaired) electrons. The summed E-state index contributed by atoms with van der Waals surface area (Å²) in [4.78, 5) is 8.89. The van der Waals surface area contributed by atoms with E-state index in [0.717, 1.165) is 6.92 Å². The fourth-order valence-electron chi connectivity index (χ4n) is 0. The van der Waals surface area contributed by atoms with Crippen LogP contribution in [-0.2, 0) is 4.79 Å². The van der Waals surface area contributed by atoms with E-state index in [1.165, 1.54) is 0 Å². The molecule has 0 heterocycles. The van der Waals surface area contributed by atoms with Gasteiger partial charge >= 0.3 is 0 Å². The van der Waals surface area contributed by atoms with Crippen LogP contribution in [-0.4, -0.2) is 57.4 Å². The van der Waals surface area contributed by atoms with Gasteiger partial charge in [-0.05, 0) is 6.92 Å². The zero-order valence-corrected chi connectivity index (χ0v) is 6.44. The maximum Gasteiger partial charge on any atom is 0.0383 e. The Morgan fingerprint density at radius 2 is 1.80 bits per heavy atom. The first kappa shape index (κ1) is 9.44. The number of aliphatic carboxylic acids is 1. The van der Waals surface area contributed by atoms with Crippen molar-refractivity contribution < 1.29 is 9.90 Å². The molecule has 0 unspecified atom stereocenters. The Bertz CT molecular complexity index is 30.6. The summed E-state index contributed by atoms with van der Waals surface area (Å²) in [7, 11) is 0. The van der Waals surface area contributed by atoms with Gasteiger partial charge in [-0.15, -0.1) is 0 Å². The SMILES string of the molecule is CC(=O)[O-].[K]. The Morgan fingerprint density at radius 1 is 1.80 bits per heavy atom. The molecule has 0 amide bonds. The first-order valence-corrected chi connectivity index (χ1v) is 0.908. The smallest absolute Gasteiger partial charge is 0.0383 e. The third-order valence-electron chi connectivity index (χ3n) is 0. The minimum Gasteiger partial charge on any atom is -0.550 e. The van der Waals surface area contributed by atoms with Gasteiger partial charge in [-0.1, -0.05) is 0 Å². The molecule has 2 nitrogen and oxygen atoms in total. The second kappa shape index (κ2) is 5.11. The van der Waals surface area contributed by atoms with E-state index in [1.54, 1.807) is 0 Å². The summed E-state index contributed by atoms with van der Waals surface area (Å²) in [5, 5.41) is 8.89. The van der Waals surface area contributed by atoms with Crippen LogP contribution < -0.4 is 5.11 Å². The molecule has 0 rings (SSSR count). The summed E-state index contributed by atoms with van der Waals surface area (Å²) in [5.41, 5.74) is 0. The number of hydrogen-bond donors (Lipinski definition) is 0. The molecule has 0 aromatic heterocycles. The summed E-state index contributed by atoms with van der Waals surface area (Å²) in [6, 6.07) is 0. The van der Waals surface area contributed by atoms with Gasteiger partial charge in [-0.2, -0.15) is 0 Å². The molecule has 0 spiro atoms. The summed E-state index contributed by atoms with van der Waals surface area (Å²) >= 11 is 0. The van der Waals surface area contributed by atoms with Crippen molar-refractivity contribution in [2.45, 2.75) is 6.92 Å². The summed E-state index contributed by atoms with van der Waals surface area (Å²) < 4.78 is 0. The van der Waals surface area contributed by atoms with Crippen molar-refractivity contribution in [2.75, 3.05) is 0 Å². The van der Waals surface area contributed by atoms with Crippen molar-refractivity contribution in [3.8, 4) is 0 Å². The molecule has 0 aliphatic carbocycles. The van der Waals surface area contributed by atoms with Crippen molar-refractivity contribution in [3.63, 3.8) is 0 Å². The number of carboxylic acids is 1. The van der Waals surface area contributed by atoms with Gasteiger partial charge in [0.25, 0.3) is 0 Å². The average Bonchev–Trinajstić information content (AvgIpc) is 0.811. The molecule has 0 aliphatic rings. The van der Waals surface area contributed by atoms with Crippen LogP contribution in [0, 0.1) is 0 Å². The zero-order valence-electron chi connectivity index (χ0n) is 3.32. The predicted octanol–water partition coefficient (Wildman–Crippen LogP) is -1.62. The maximum absolute atomic E-state index is 8.89. The van der Waals surface area contributed by atoms with Gasteiger partial charge < -0.3 is 9.90 Å². The van der Waals surface area contributed by atoms with E-state index in [0.29, 0.717) is 0 Å².